The quantitative estimate of drug-likeness (QED) is 0.260. The van der Waals surface area contributed by atoms with E-state index in [0.29, 0.717) is 0 Å². The van der Waals surface area contributed by atoms with E-state index in [1.54, 1.807) is 12.2 Å². The Kier molecular flexibility index (Phi) is 8.27. The maximum Gasteiger partial charge on any atom is 0.108 e. The van der Waals surface area contributed by atoms with Gasteiger partial charge in [-0.25, -0.2) is 0 Å². The lowest BCUT2D eigenvalue weighted by Gasteiger charge is -2.23. The molecule has 0 amide bonds. The van der Waals surface area contributed by atoms with Crippen LogP contribution in [0.15, 0.2) is 66.4 Å². The van der Waals surface area contributed by atoms with Crippen LogP contribution in [0, 0.1) is 5.92 Å². The Labute approximate surface area is 117 Å². The fraction of sp³-hybridized carbons (Fsp3) is 0.353. The molecule has 2 unspecified atom stereocenters. The SMILES string of the molecule is C=CC(N=C)C(CCC(=C)/C=C\C(=C)O)C(=C)CC. The average molecular weight is 259 g/mol. The molecular weight excluding hydrogens is 234 g/mol. The fourth-order valence-electron chi connectivity index (χ4n) is 1.88. The van der Waals surface area contributed by atoms with Crippen molar-refractivity contribution in [2.75, 3.05) is 0 Å². The first kappa shape index (κ1) is 17.2. The van der Waals surface area contributed by atoms with Crippen molar-refractivity contribution in [3.8, 4) is 0 Å². The zero-order valence-electron chi connectivity index (χ0n) is 11.9. The Hall–Kier alpha value is -1.83. The number of allylic oxidation sites excluding steroid dienone is 3. The van der Waals surface area contributed by atoms with Crippen LogP contribution in [-0.2, 0) is 0 Å². The summed E-state index contributed by atoms with van der Waals surface area (Å²) in [6.07, 6.45) is 7.75. The molecule has 0 radical (unpaired) electrons. The molecule has 0 aliphatic rings. The predicted octanol–water partition coefficient (Wildman–Crippen LogP) is 4.79. The van der Waals surface area contributed by atoms with Crippen molar-refractivity contribution in [3.05, 3.63) is 61.4 Å². The van der Waals surface area contributed by atoms with Crippen molar-refractivity contribution >= 4 is 6.72 Å². The van der Waals surface area contributed by atoms with Crippen LogP contribution in [0.5, 0.6) is 0 Å². The standard InChI is InChI=1S/C17H25NO/c1-7-14(4)16(17(8-2)18-6)12-10-13(3)9-11-15(5)19/h8-9,11,16-17,19H,2-7,10,12H2,1H3/b11-9-. The van der Waals surface area contributed by atoms with E-state index >= 15 is 0 Å². The lowest BCUT2D eigenvalue weighted by molar-refractivity contribution is 0.435. The molecule has 1 N–H and O–H groups in total. The van der Waals surface area contributed by atoms with E-state index in [1.807, 2.05) is 6.08 Å². The second-order valence-corrected chi connectivity index (χ2v) is 4.55. The molecule has 0 fully saturated rings. The Morgan fingerprint density at radius 3 is 2.32 bits per heavy atom. The molecule has 0 aromatic heterocycles. The van der Waals surface area contributed by atoms with E-state index in [4.69, 9.17) is 5.11 Å². The number of aliphatic hydroxyl groups excluding tert-OH is 1. The van der Waals surface area contributed by atoms with Gasteiger partial charge < -0.3 is 5.11 Å². The first-order chi connectivity index (χ1) is 8.96. The summed E-state index contributed by atoms with van der Waals surface area (Å²) in [7, 11) is 0. The van der Waals surface area contributed by atoms with Gasteiger partial charge in [0.1, 0.15) is 5.76 Å². The second kappa shape index (κ2) is 9.15. The zero-order chi connectivity index (χ0) is 14.8. The summed E-state index contributed by atoms with van der Waals surface area (Å²) < 4.78 is 0. The normalized spacial score (nSPS) is 13.7. The van der Waals surface area contributed by atoms with Gasteiger partial charge in [0.2, 0.25) is 0 Å². The molecule has 0 rings (SSSR count). The molecule has 2 heteroatoms. The van der Waals surface area contributed by atoms with Crippen molar-refractivity contribution < 1.29 is 5.11 Å². The van der Waals surface area contributed by atoms with Gasteiger partial charge >= 0.3 is 0 Å². The molecule has 2 atom stereocenters. The highest BCUT2D eigenvalue weighted by atomic mass is 16.3. The average Bonchev–Trinajstić information content (AvgIpc) is 2.40. The third-order valence-corrected chi connectivity index (χ3v) is 3.13. The minimum atomic E-state index is -0.00274. The van der Waals surface area contributed by atoms with E-state index in [-0.39, 0.29) is 17.7 Å². The summed E-state index contributed by atoms with van der Waals surface area (Å²) in [6.45, 7) is 21.0. The van der Waals surface area contributed by atoms with Crippen LogP contribution >= 0.6 is 0 Å². The van der Waals surface area contributed by atoms with Gasteiger partial charge in [0, 0.05) is 5.92 Å². The van der Waals surface area contributed by atoms with E-state index in [2.05, 4.69) is 44.9 Å². The maximum atomic E-state index is 9.00. The highest BCUT2D eigenvalue weighted by Gasteiger charge is 2.19. The Morgan fingerprint density at radius 2 is 1.89 bits per heavy atom. The fourth-order valence-corrected chi connectivity index (χ4v) is 1.88. The second-order valence-electron chi connectivity index (χ2n) is 4.55. The molecule has 0 aliphatic carbocycles. The largest absolute Gasteiger partial charge is 0.509 e. The van der Waals surface area contributed by atoms with Crippen LogP contribution in [0.4, 0.5) is 0 Å². The first-order valence-electron chi connectivity index (χ1n) is 6.46. The molecule has 0 bridgehead atoms. The Morgan fingerprint density at radius 1 is 1.26 bits per heavy atom. The lowest BCUT2D eigenvalue weighted by Crippen LogP contribution is -2.18. The van der Waals surface area contributed by atoms with Crippen LogP contribution in [-0.4, -0.2) is 17.9 Å². The van der Waals surface area contributed by atoms with Gasteiger partial charge in [-0.1, -0.05) is 50.0 Å². The van der Waals surface area contributed by atoms with Crippen LogP contribution < -0.4 is 0 Å². The third kappa shape index (κ3) is 6.61. The van der Waals surface area contributed by atoms with Crippen molar-refractivity contribution in [1.82, 2.24) is 0 Å². The Bertz CT molecular complexity index is 382. The third-order valence-electron chi connectivity index (χ3n) is 3.13. The van der Waals surface area contributed by atoms with Crippen molar-refractivity contribution in [3.63, 3.8) is 0 Å². The summed E-state index contributed by atoms with van der Waals surface area (Å²) in [4.78, 5) is 4.10. The van der Waals surface area contributed by atoms with Gasteiger partial charge in [0.15, 0.2) is 0 Å². The number of hydrogen-bond acceptors (Lipinski definition) is 2. The molecule has 0 aromatic carbocycles. The van der Waals surface area contributed by atoms with Crippen molar-refractivity contribution in [2.24, 2.45) is 10.9 Å². The minimum absolute atomic E-state index is 0.00274. The van der Waals surface area contributed by atoms with Gasteiger partial charge in [-0.05, 0) is 32.1 Å². The van der Waals surface area contributed by atoms with Crippen LogP contribution in [0.1, 0.15) is 26.2 Å². The number of hydrogen-bond donors (Lipinski definition) is 1. The van der Waals surface area contributed by atoms with Gasteiger partial charge in [0.25, 0.3) is 0 Å². The number of aliphatic hydroxyl groups is 1. The minimum Gasteiger partial charge on any atom is -0.509 e. The van der Waals surface area contributed by atoms with E-state index in [9.17, 15) is 0 Å². The molecule has 0 saturated carbocycles. The summed E-state index contributed by atoms with van der Waals surface area (Å²) >= 11 is 0. The number of nitrogens with zero attached hydrogens (tertiary/aromatic N) is 1. The smallest absolute Gasteiger partial charge is 0.108 e. The molecule has 0 spiro atoms. The van der Waals surface area contributed by atoms with Crippen molar-refractivity contribution in [2.45, 2.75) is 32.2 Å². The maximum absolute atomic E-state index is 9.00. The van der Waals surface area contributed by atoms with Crippen LogP contribution in [0.3, 0.4) is 0 Å². The zero-order valence-corrected chi connectivity index (χ0v) is 11.9. The molecule has 19 heavy (non-hydrogen) atoms. The summed E-state index contributed by atoms with van der Waals surface area (Å²) in [5, 5.41) is 9.00. The number of aliphatic imine (C=N–C) groups is 1. The highest BCUT2D eigenvalue weighted by molar-refractivity contribution is 5.27. The molecule has 0 heterocycles. The topological polar surface area (TPSA) is 32.6 Å². The molecule has 104 valence electrons. The molecule has 0 aromatic rings. The molecule has 2 nitrogen and oxygen atoms in total. The van der Waals surface area contributed by atoms with E-state index < -0.39 is 0 Å². The van der Waals surface area contributed by atoms with Crippen LogP contribution in [0.2, 0.25) is 0 Å². The summed E-state index contributed by atoms with van der Waals surface area (Å²) in [5.74, 6) is 0.273. The lowest BCUT2D eigenvalue weighted by atomic mass is 9.86. The molecular formula is C17H25NO. The first-order valence-corrected chi connectivity index (χ1v) is 6.46. The molecule has 0 aliphatic heterocycles. The molecule has 0 saturated heterocycles. The van der Waals surface area contributed by atoms with E-state index in [1.165, 1.54) is 0 Å². The van der Waals surface area contributed by atoms with Gasteiger partial charge in [0.05, 0.1) is 6.04 Å². The van der Waals surface area contributed by atoms with Gasteiger partial charge in [-0.3, -0.25) is 4.99 Å². The summed E-state index contributed by atoms with van der Waals surface area (Å²) in [5.41, 5.74) is 2.09. The predicted molar refractivity (Wildman–Crippen MR) is 85.7 cm³/mol. The van der Waals surface area contributed by atoms with E-state index in [0.717, 1.165) is 30.4 Å². The summed E-state index contributed by atoms with van der Waals surface area (Å²) in [6, 6.07) is -0.00274. The Balaban J connectivity index is 4.62. The van der Waals surface area contributed by atoms with Crippen LogP contribution in [0.25, 0.3) is 0 Å². The monoisotopic (exact) mass is 259 g/mol. The number of rotatable bonds is 10. The van der Waals surface area contributed by atoms with Gasteiger partial charge in [-0.15, -0.1) is 6.58 Å². The van der Waals surface area contributed by atoms with Crippen molar-refractivity contribution in [1.29, 1.82) is 0 Å². The highest BCUT2D eigenvalue weighted by Crippen LogP contribution is 2.26. The van der Waals surface area contributed by atoms with Gasteiger partial charge in [-0.2, -0.15) is 0 Å².